The third-order valence-corrected chi connectivity index (χ3v) is 5.48. The van der Waals surface area contributed by atoms with Crippen molar-refractivity contribution in [1.82, 2.24) is 4.90 Å². The molecule has 0 aliphatic carbocycles. The Morgan fingerprint density at radius 1 is 1.19 bits per heavy atom. The molecule has 1 amide bonds. The Balaban J connectivity index is 1.70. The Morgan fingerprint density at radius 2 is 1.95 bits per heavy atom. The number of rotatable bonds is 2. The molecular weight excluding hydrogens is 282 g/mol. The molecule has 21 heavy (non-hydrogen) atoms. The van der Waals surface area contributed by atoms with Crippen LogP contribution in [0.5, 0.6) is 0 Å². The number of amides is 1. The van der Waals surface area contributed by atoms with E-state index in [1.807, 2.05) is 29.2 Å². The van der Waals surface area contributed by atoms with Gasteiger partial charge in [-0.3, -0.25) is 9.59 Å². The lowest BCUT2D eigenvalue weighted by atomic mass is 9.91. The Kier molecular flexibility index (Phi) is 4.63. The Labute approximate surface area is 130 Å². The minimum Gasteiger partial charge on any atom is -0.343 e. The molecule has 0 bridgehead atoms. The molecule has 0 N–H and O–H groups in total. The van der Waals surface area contributed by atoms with E-state index in [9.17, 15) is 9.59 Å². The Bertz CT molecular complexity index is 537. The summed E-state index contributed by atoms with van der Waals surface area (Å²) in [6, 6.07) is 7.78. The summed E-state index contributed by atoms with van der Waals surface area (Å²) in [6.07, 6.45) is 4.60. The third-order valence-electron chi connectivity index (χ3n) is 4.38. The zero-order chi connectivity index (χ0) is 14.7. The van der Waals surface area contributed by atoms with Gasteiger partial charge in [0.25, 0.3) is 0 Å². The first-order valence-electron chi connectivity index (χ1n) is 7.79. The first kappa shape index (κ1) is 14.6. The van der Waals surface area contributed by atoms with Crippen LogP contribution in [0.4, 0.5) is 0 Å². The Morgan fingerprint density at radius 3 is 2.76 bits per heavy atom. The summed E-state index contributed by atoms with van der Waals surface area (Å²) in [5.41, 5.74) is 0.802. The van der Waals surface area contributed by atoms with E-state index in [0.29, 0.717) is 6.42 Å². The topological polar surface area (TPSA) is 37.4 Å². The van der Waals surface area contributed by atoms with Crippen LogP contribution in [0.2, 0.25) is 0 Å². The third kappa shape index (κ3) is 3.31. The van der Waals surface area contributed by atoms with Gasteiger partial charge in [0.2, 0.25) is 5.91 Å². The van der Waals surface area contributed by atoms with Gasteiger partial charge >= 0.3 is 0 Å². The zero-order valence-corrected chi connectivity index (χ0v) is 13.0. The molecule has 0 radical (unpaired) electrons. The van der Waals surface area contributed by atoms with Gasteiger partial charge in [0.05, 0.1) is 0 Å². The van der Waals surface area contributed by atoms with Gasteiger partial charge in [-0.2, -0.15) is 0 Å². The standard InChI is InChI=1S/C17H21NO2S/c19-16(18-9-4-1-5-10-18)12-13-8-11-21-15-7-3-2-6-14(15)17(13)20/h2-3,6-7,13H,1,4-5,8-12H2. The Hall–Kier alpha value is -1.29. The van der Waals surface area contributed by atoms with Crippen molar-refractivity contribution < 1.29 is 9.59 Å². The van der Waals surface area contributed by atoms with Gasteiger partial charge in [0.15, 0.2) is 5.78 Å². The van der Waals surface area contributed by atoms with Crippen LogP contribution in [0.3, 0.4) is 0 Å². The van der Waals surface area contributed by atoms with E-state index in [1.165, 1.54) is 6.42 Å². The van der Waals surface area contributed by atoms with Gasteiger partial charge < -0.3 is 4.90 Å². The summed E-state index contributed by atoms with van der Waals surface area (Å²) in [5.74, 6) is 1.09. The summed E-state index contributed by atoms with van der Waals surface area (Å²) in [4.78, 5) is 28.1. The molecule has 3 nitrogen and oxygen atoms in total. The van der Waals surface area contributed by atoms with Crippen LogP contribution in [0.1, 0.15) is 42.5 Å². The number of hydrogen-bond donors (Lipinski definition) is 0. The van der Waals surface area contributed by atoms with Crippen molar-refractivity contribution in [3.8, 4) is 0 Å². The highest BCUT2D eigenvalue weighted by Crippen LogP contribution is 2.32. The number of nitrogens with zero attached hydrogens (tertiary/aromatic N) is 1. The predicted octanol–water partition coefficient (Wildman–Crippen LogP) is 3.38. The van der Waals surface area contributed by atoms with E-state index in [0.717, 1.165) is 48.6 Å². The number of piperidine rings is 1. The van der Waals surface area contributed by atoms with Crippen LogP contribution < -0.4 is 0 Å². The van der Waals surface area contributed by atoms with Crippen LogP contribution in [0.15, 0.2) is 29.2 Å². The van der Waals surface area contributed by atoms with E-state index in [4.69, 9.17) is 0 Å². The molecule has 1 atom stereocenters. The maximum Gasteiger partial charge on any atom is 0.223 e. The molecule has 2 aliphatic rings. The maximum absolute atomic E-state index is 12.7. The molecular formula is C17H21NO2S. The molecule has 1 fully saturated rings. The minimum atomic E-state index is -0.143. The largest absolute Gasteiger partial charge is 0.343 e. The second-order valence-corrected chi connectivity index (χ2v) is 6.98. The van der Waals surface area contributed by atoms with E-state index in [1.54, 1.807) is 11.8 Å². The van der Waals surface area contributed by atoms with Crippen LogP contribution in [0, 0.1) is 5.92 Å². The number of benzene rings is 1. The molecule has 1 saturated heterocycles. The van der Waals surface area contributed by atoms with Crippen molar-refractivity contribution in [2.24, 2.45) is 5.92 Å². The van der Waals surface area contributed by atoms with Crippen molar-refractivity contribution >= 4 is 23.5 Å². The molecule has 2 heterocycles. The molecule has 1 aromatic rings. The molecule has 0 spiro atoms. The van der Waals surface area contributed by atoms with Crippen molar-refractivity contribution in [3.63, 3.8) is 0 Å². The molecule has 0 aromatic heterocycles. The van der Waals surface area contributed by atoms with Gasteiger partial charge in [-0.25, -0.2) is 0 Å². The summed E-state index contributed by atoms with van der Waals surface area (Å²) in [6.45, 7) is 1.73. The highest BCUT2D eigenvalue weighted by Gasteiger charge is 2.29. The van der Waals surface area contributed by atoms with Gasteiger partial charge in [-0.05, 0) is 37.5 Å². The highest BCUT2D eigenvalue weighted by molar-refractivity contribution is 7.99. The van der Waals surface area contributed by atoms with Crippen molar-refractivity contribution in [3.05, 3.63) is 29.8 Å². The highest BCUT2D eigenvalue weighted by atomic mass is 32.2. The molecule has 3 rings (SSSR count). The predicted molar refractivity (Wildman–Crippen MR) is 84.7 cm³/mol. The summed E-state index contributed by atoms with van der Waals surface area (Å²) in [5, 5.41) is 0. The lowest BCUT2D eigenvalue weighted by Gasteiger charge is -2.28. The van der Waals surface area contributed by atoms with E-state index >= 15 is 0 Å². The van der Waals surface area contributed by atoms with E-state index < -0.39 is 0 Å². The van der Waals surface area contributed by atoms with Crippen molar-refractivity contribution in [1.29, 1.82) is 0 Å². The van der Waals surface area contributed by atoms with Crippen molar-refractivity contribution in [2.45, 2.75) is 37.0 Å². The normalized spacial score (nSPS) is 22.6. The van der Waals surface area contributed by atoms with Gasteiger partial charge in [0, 0.05) is 35.9 Å². The smallest absolute Gasteiger partial charge is 0.223 e. The minimum absolute atomic E-state index is 0.143. The van der Waals surface area contributed by atoms with Crippen LogP contribution >= 0.6 is 11.8 Å². The summed E-state index contributed by atoms with van der Waals surface area (Å²) in [7, 11) is 0. The molecule has 0 saturated carbocycles. The fourth-order valence-corrected chi connectivity index (χ4v) is 4.26. The number of Topliss-reactive ketones (excluding diaryl/α,β-unsaturated/α-hetero) is 1. The lowest BCUT2D eigenvalue weighted by molar-refractivity contribution is -0.132. The number of carbonyl (C=O) groups excluding carboxylic acids is 2. The lowest BCUT2D eigenvalue weighted by Crippen LogP contribution is -2.37. The zero-order valence-electron chi connectivity index (χ0n) is 12.2. The summed E-state index contributed by atoms with van der Waals surface area (Å²) < 4.78 is 0. The van der Waals surface area contributed by atoms with Gasteiger partial charge in [-0.15, -0.1) is 11.8 Å². The van der Waals surface area contributed by atoms with E-state index in [-0.39, 0.29) is 17.6 Å². The van der Waals surface area contributed by atoms with Gasteiger partial charge in [0.1, 0.15) is 0 Å². The van der Waals surface area contributed by atoms with Crippen LogP contribution in [-0.2, 0) is 4.79 Å². The molecule has 4 heteroatoms. The fourth-order valence-electron chi connectivity index (χ4n) is 3.14. The number of thioether (sulfide) groups is 1. The average molecular weight is 303 g/mol. The summed E-state index contributed by atoms with van der Waals surface area (Å²) >= 11 is 1.73. The van der Waals surface area contributed by atoms with Crippen LogP contribution in [-0.4, -0.2) is 35.4 Å². The number of ketones is 1. The second kappa shape index (κ2) is 6.65. The monoisotopic (exact) mass is 303 g/mol. The number of fused-ring (bicyclic) bond motifs is 1. The SMILES string of the molecule is O=C1c2ccccc2SCCC1CC(=O)N1CCCCC1. The van der Waals surface area contributed by atoms with E-state index in [2.05, 4.69) is 0 Å². The van der Waals surface area contributed by atoms with Crippen molar-refractivity contribution in [2.75, 3.05) is 18.8 Å². The quantitative estimate of drug-likeness (QED) is 0.840. The van der Waals surface area contributed by atoms with Crippen LogP contribution in [0.25, 0.3) is 0 Å². The average Bonchev–Trinajstić information content (AvgIpc) is 2.69. The maximum atomic E-state index is 12.7. The molecule has 1 aromatic carbocycles. The molecule has 112 valence electrons. The first-order valence-corrected chi connectivity index (χ1v) is 8.78. The number of hydrogen-bond acceptors (Lipinski definition) is 3. The molecule has 2 aliphatic heterocycles. The fraction of sp³-hybridized carbons (Fsp3) is 0.529. The number of likely N-dealkylation sites (tertiary alicyclic amines) is 1. The van der Waals surface area contributed by atoms with Gasteiger partial charge in [-0.1, -0.05) is 18.2 Å². The second-order valence-electron chi connectivity index (χ2n) is 5.84. The molecule has 1 unspecified atom stereocenters. The number of carbonyl (C=O) groups is 2. The first-order chi connectivity index (χ1) is 10.3.